The number of aryl methyl sites for hydroxylation is 1. The van der Waals surface area contributed by atoms with Crippen molar-refractivity contribution in [1.29, 1.82) is 0 Å². The van der Waals surface area contributed by atoms with E-state index in [2.05, 4.69) is 50.5 Å². The van der Waals surface area contributed by atoms with E-state index in [0.29, 0.717) is 11.1 Å². The molecule has 0 aliphatic heterocycles. The third kappa shape index (κ3) is 2.93. The molecule has 0 radical (unpaired) electrons. The third-order valence-electron chi connectivity index (χ3n) is 3.50. The van der Waals surface area contributed by atoms with Gasteiger partial charge in [0.15, 0.2) is 0 Å². The summed E-state index contributed by atoms with van der Waals surface area (Å²) < 4.78 is 0.900. The zero-order valence-corrected chi connectivity index (χ0v) is 12.7. The largest absolute Gasteiger partial charge is 0.366 e. The van der Waals surface area contributed by atoms with Crippen LogP contribution in [-0.2, 0) is 12.8 Å². The quantitative estimate of drug-likeness (QED) is 0.874. The van der Waals surface area contributed by atoms with Gasteiger partial charge in [-0.3, -0.25) is 0 Å². The van der Waals surface area contributed by atoms with E-state index < -0.39 is 0 Å². The van der Waals surface area contributed by atoms with Crippen LogP contribution in [0.5, 0.6) is 0 Å². The van der Waals surface area contributed by atoms with Gasteiger partial charge in [0, 0.05) is 16.7 Å². The Hall–Kier alpha value is -1.06. The summed E-state index contributed by atoms with van der Waals surface area (Å²) in [6.45, 7) is 0. The molecular weight excluding hydrogens is 324 g/mol. The van der Waals surface area contributed by atoms with Crippen molar-refractivity contribution in [3.05, 3.63) is 57.2 Å². The van der Waals surface area contributed by atoms with Crippen molar-refractivity contribution in [3.63, 3.8) is 0 Å². The van der Waals surface area contributed by atoms with Crippen molar-refractivity contribution in [2.45, 2.75) is 25.3 Å². The third-order valence-corrected chi connectivity index (χ3v) is 4.22. The summed E-state index contributed by atoms with van der Waals surface area (Å²) in [4.78, 5) is 4.34. The molecular formula is C15H14BrClN2. The van der Waals surface area contributed by atoms with Crippen LogP contribution in [-0.4, -0.2) is 11.0 Å². The van der Waals surface area contributed by atoms with Crippen LogP contribution in [0.3, 0.4) is 0 Å². The number of nitrogens with one attached hydrogen (secondary N) is 1. The van der Waals surface area contributed by atoms with Gasteiger partial charge in [-0.2, -0.15) is 0 Å². The monoisotopic (exact) mass is 336 g/mol. The Bertz CT molecular complexity index is 600. The molecule has 1 N–H and O–H groups in total. The fourth-order valence-corrected chi connectivity index (χ4v) is 3.22. The molecule has 2 aromatic rings. The van der Waals surface area contributed by atoms with E-state index in [4.69, 9.17) is 11.6 Å². The van der Waals surface area contributed by atoms with Gasteiger partial charge in [-0.1, -0.05) is 35.9 Å². The normalized spacial score (nSPS) is 17.9. The minimum atomic E-state index is 0.404. The molecule has 0 bridgehead atoms. The molecule has 0 amide bonds. The Kier molecular flexibility index (Phi) is 3.76. The summed E-state index contributed by atoms with van der Waals surface area (Å²) >= 11 is 9.56. The fraction of sp³-hybridized carbons (Fsp3) is 0.267. The van der Waals surface area contributed by atoms with Crippen LogP contribution >= 0.6 is 27.5 Å². The van der Waals surface area contributed by atoms with Crippen molar-refractivity contribution in [1.82, 2.24) is 4.98 Å². The summed E-state index contributed by atoms with van der Waals surface area (Å²) in [5, 5.41) is 4.11. The molecule has 0 fully saturated rings. The Morgan fingerprint density at radius 3 is 2.84 bits per heavy atom. The molecule has 4 heteroatoms. The van der Waals surface area contributed by atoms with Crippen LogP contribution in [0.2, 0.25) is 5.02 Å². The van der Waals surface area contributed by atoms with Crippen LogP contribution < -0.4 is 5.32 Å². The van der Waals surface area contributed by atoms with Gasteiger partial charge in [-0.05, 0) is 52.4 Å². The molecule has 1 aromatic heterocycles. The van der Waals surface area contributed by atoms with Gasteiger partial charge >= 0.3 is 0 Å². The van der Waals surface area contributed by atoms with Crippen LogP contribution in [0.4, 0.5) is 5.82 Å². The number of pyridine rings is 1. The highest BCUT2D eigenvalue weighted by Crippen LogP contribution is 2.27. The first kappa shape index (κ1) is 12.9. The van der Waals surface area contributed by atoms with Crippen LogP contribution in [0.25, 0.3) is 0 Å². The summed E-state index contributed by atoms with van der Waals surface area (Å²) in [6.07, 6.45) is 5.03. The maximum Gasteiger partial charge on any atom is 0.145 e. The summed E-state index contributed by atoms with van der Waals surface area (Å²) in [7, 11) is 0. The molecule has 0 saturated carbocycles. The molecule has 1 aliphatic rings. The topological polar surface area (TPSA) is 24.9 Å². The van der Waals surface area contributed by atoms with Gasteiger partial charge in [-0.15, -0.1) is 0 Å². The van der Waals surface area contributed by atoms with Crippen LogP contribution in [0, 0.1) is 0 Å². The highest BCUT2D eigenvalue weighted by Gasteiger charge is 2.19. The van der Waals surface area contributed by atoms with E-state index in [-0.39, 0.29) is 0 Å². The first-order valence-corrected chi connectivity index (χ1v) is 7.54. The average molecular weight is 338 g/mol. The highest BCUT2D eigenvalue weighted by molar-refractivity contribution is 9.10. The second-order valence-corrected chi connectivity index (χ2v) is 6.16. The summed E-state index contributed by atoms with van der Waals surface area (Å²) in [6, 6.07) is 10.9. The van der Waals surface area contributed by atoms with E-state index in [1.54, 1.807) is 6.20 Å². The predicted octanol–water partition coefficient (Wildman–Crippen LogP) is 4.47. The second kappa shape index (κ2) is 5.51. The van der Waals surface area contributed by atoms with Gasteiger partial charge < -0.3 is 5.32 Å². The average Bonchev–Trinajstić information content (AvgIpc) is 2.42. The lowest BCUT2D eigenvalue weighted by molar-refractivity contribution is 0.609. The first-order chi connectivity index (χ1) is 9.22. The molecule has 1 heterocycles. The molecule has 0 saturated heterocycles. The number of anilines is 1. The molecule has 1 aliphatic carbocycles. The minimum Gasteiger partial charge on any atom is -0.366 e. The van der Waals surface area contributed by atoms with Crippen LogP contribution in [0.15, 0.2) is 41.0 Å². The van der Waals surface area contributed by atoms with E-state index in [0.717, 1.165) is 29.6 Å². The Morgan fingerprint density at radius 2 is 2.05 bits per heavy atom. The van der Waals surface area contributed by atoms with Gasteiger partial charge in [0.1, 0.15) is 5.82 Å². The Balaban J connectivity index is 1.75. The summed E-state index contributed by atoms with van der Waals surface area (Å²) in [5.41, 5.74) is 2.90. The molecule has 1 unspecified atom stereocenters. The van der Waals surface area contributed by atoms with Crippen molar-refractivity contribution in [3.8, 4) is 0 Å². The number of rotatable bonds is 2. The van der Waals surface area contributed by atoms with Gasteiger partial charge in [0.2, 0.25) is 0 Å². The SMILES string of the molecule is Clc1cc(Br)cnc1NC1CCc2ccccc2C1. The van der Waals surface area contributed by atoms with Gasteiger partial charge in [0.25, 0.3) is 0 Å². The molecule has 19 heavy (non-hydrogen) atoms. The maximum absolute atomic E-state index is 6.19. The molecule has 1 atom stereocenters. The first-order valence-electron chi connectivity index (χ1n) is 6.37. The van der Waals surface area contributed by atoms with E-state index in [9.17, 15) is 0 Å². The van der Waals surface area contributed by atoms with Gasteiger partial charge in [0.05, 0.1) is 5.02 Å². The van der Waals surface area contributed by atoms with Crippen molar-refractivity contribution < 1.29 is 0 Å². The maximum atomic E-state index is 6.19. The summed E-state index contributed by atoms with van der Waals surface area (Å²) in [5.74, 6) is 0.772. The lowest BCUT2D eigenvalue weighted by Gasteiger charge is -2.26. The lowest BCUT2D eigenvalue weighted by Crippen LogP contribution is -2.27. The standard InChI is InChI=1S/C15H14BrClN2/c16-12-8-14(17)15(18-9-12)19-13-6-5-10-3-1-2-4-11(10)7-13/h1-4,8-9,13H,5-7H2,(H,18,19). The number of fused-ring (bicyclic) bond motifs is 1. The lowest BCUT2D eigenvalue weighted by atomic mass is 9.88. The number of hydrogen-bond acceptors (Lipinski definition) is 2. The molecule has 0 spiro atoms. The molecule has 1 aromatic carbocycles. The number of halogens is 2. The highest BCUT2D eigenvalue weighted by atomic mass is 79.9. The van der Waals surface area contributed by atoms with E-state index in [1.165, 1.54) is 11.1 Å². The number of benzene rings is 1. The van der Waals surface area contributed by atoms with Gasteiger partial charge in [-0.25, -0.2) is 4.98 Å². The smallest absolute Gasteiger partial charge is 0.145 e. The van der Waals surface area contributed by atoms with Crippen molar-refractivity contribution in [2.75, 3.05) is 5.32 Å². The van der Waals surface area contributed by atoms with Crippen molar-refractivity contribution >= 4 is 33.3 Å². The fourth-order valence-electron chi connectivity index (χ4n) is 2.54. The number of aromatic nitrogens is 1. The molecule has 3 rings (SSSR count). The predicted molar refractivity (Wildman–Crippen MR) is 82.8 cm³/mol. The Morgan fingerprint density at radius 1 is 1.26 bits per heavy atom. The second-order valence-electron chi connectivity index (χ2n) is 4.84. The number of nitrogens with zero attached hydrogens (tertiary/aromatic N) is 1. The molecule has 2 nitrogen and oxygen atoms in total. The van der Waals surface area contributed by atoms with E-state index in [1.807, 2.05) is 6.07 Å². The zero-order chi connectivity index (χ0) is 13.2. The zero-order valence-electron chi connectivity index (χ0n) is 10.4. The minimum absolute atomic E-state index is 0.404. The van der Waals surface area contributed by atoms with Crippen LogP contribution in [0.1, 0.15) is 17.5 Å². The molecule has 98 valence electrons. The number of hydrogen-bond donors (Lipinski definition) is 1. The van der Waals surface area contributed by atoms with E-state index >= 15 is 0 Å². The Labute approximate surface area is 126 Å². The van der Waals surface area contributed by atoms with Crippen molar-refractivity contribution in [2.24, 2.45) is 0 Å².